The van der Waals surface area contributed by atoms with Crippen molar-refractivity contribution in [1.82, 2.24) is 9.97 Å². The number of nitro groups is 2. The summed E-state index contributed by atoms with van der Waals surface area (Å²) < 4.78 is 0. The Kier molecular flexibility index (Phi) is 5.39. The third-order valence-corrected chi connectivity index (χ3v) is 5.28. The highest BCUT2D eigenvalue weighted by atomic mass is 16.6. The van der Waals surface area contributed by atoms with Crippen LogP contribution < -0.4 is 11.0 Å². The van der Waals surface area contributed by atoms with E-state index < -0.39 is 15.4 Å². The SMILES string of the molecule is O=c1[nH]c2ccccc2nc1N/N=C1\CCCC[C@@H]1c1ccc([N+](=O)[O-])cc1[N+](=O)[O-]. The Morgan fingerprint density at radius 1 is 1.10 bits per heavy atom. The van der Waals surface area contributed by atoms with Crippen LogP contribution in [-0.4, -0.2) is 25.5 Å². The predicted octanol–water partition coefficient (Wildman–Crippen LogP) is 3.87. The average molecular weight is 422 g/mol. The lowest BCUT2D eigenvalue weighted by Crippen LogP contribution is -2.21. The van der Waals surface area contributed by atoms with Gasteiger partial charge in [-0.1, -0.05) is 18.6 Å². The molecule has 2 N–H and O–H groups in total. The van der Waals surface area contributed by atoms with E-state index in [0.29, 0.717) is 35.2 Å². The van der Waals surface area contributed by atoms with E-state index >= 15 is 0 Å². The molecular weight excluding hydrogens is 404 g/mol. The molecule has 4 rings (SSSR count). The van der Waals surface area contributed by atoms with Gasteiger partial charge in [-0.25, -0.2) is 4.98 Å². The topological polar surface area (TPSA) is 156 Å². The van der Waals surface area contributed by atoms with E-state index in [4.69, 9.17) is 0 Å². The highest BCUT2D eigenvalue weighted by Crippen LogP contribution is 2.37. The van der Waals surface area contributed by atoms with Crippen molar-refractivity contribution in [2.24, 2.45) is 5.10 Å². The Balaban J connectivity index is 1.69. The van der Waals surface area contributed by atoms with Gasteiger partial charge in [0, 0.05) is 23.3 Å². The summed E-state index contributed by atoms with van der Waals surface area (Å²) >= 11 is 0. The Labute approximate surface area is 175 Å². The molecule has 0 bridgehead atoms. The third-order valence-electron chi connectivity index (χ3n) is 5.28. The normalized spacial score (nSPS) is 17.5. The molecule has 2 aromatic carbocycles. The van der Waals surface area contributed by atoms with E-state index in [1.807, 2.05) is 0 Å². The average Bonchev–Trinajstić information content (AvgIpc) is 2.77. The Morgan fingerprint density at radius 2 is 1.90 bits per heavy atom. The summed E-state index contributed by atoms with van der Waals surface area (Å²) in [5, 5.41) is 27.0. The van der Waals surface area contributed by atoms with Crippen molar-refractivity contribution in [2.75, 3.05) is 5.43 Å². The van der Waals surface area contributed by atoms with Crippen LogP contribution in [-0.2, 0) is 0 Å². The quantitative estimate of drug-likeness (QED) is 0.467. The number of nitrogens with zero attached hydrogens (tertiary/aromatic N) is 4. The summed E-state index contributed by atoms with van der Waals surface area (Å²) in [6, 6.07) is 10.7. The maximum atomic E-state index is 12.3. The van der Waals surface area contributed by atoms with Crippen LogP contribution in [0.15, 0.2) is 52.4 Å². The number of rotatable bonds is 5. The van der Waals surface area contributed by atoms with Crippen molar-refractivity contribution in [1.29, 1.82) is 0 Å². The van der Waals surface area contributed by atoms with Crippen LogP contribution in [0, 0.1) is 20.2 Å². The van der Waals surface area contributed by atoms with Gasteiger partial charge in [0.05, 0.1) is 26.9 Å². The standard InChI is InChI=1S/C20H18N6O5/c27-20-19(21-16-7-3-4-8-17(16)22-20)24-23-15-6-2-1-5-13(15)14-10-9-12(25(28)29)11-18(14)26(30)31/h3-4,7-11,13H,1-2,5-6H2,(H,21,24)(H,22,27)/b23-15+/t13-/m1/s1. The molecule has 158 valence electrons. The molecule has 11 nitrogen and oxygen atoms in total. The number of fused-ring (bicyclic) bond motifs is 1. The molecule has 1 aliphatic carbocycles. The minimum atomic E-state index is -0.661. The second-order valence-corrected chi connectivity index (χ2v) is 7.20. The molecule has 1 aromatic heterocycles. The van der Waals surface area contributed by atoms with Gasteiger partial charge in [-0.05, 0) is 37.5 Å². The van der Waals surface area contributed by atoms with Crippen LogP contribution in [0.2, 0.25) is 0 Å². The number of anilines is 1. The lowest BCUT2D eigenvalue weighted by molar-refractivity contribution is -0.394. The van der Waals surface area contributed by atoms with E-state index in [1.54, 1.807) is 24.3 Å². The van der Waals surface area contributed by atoms with Crippen molar-refractivity contribution < 1.29 is 9.85 Å². The smallest absolute Gasteiger partial charge is 0.293 e. The maximum absolute atomic E-state index is 12.3. The second kappa shape index (κ2) is 8.30. The molecule has 1 aliphatic rings. The van der Waals surface area contributed by atoms with Crippen LogP contribution in [0.3, 0.4) is 0 Å². The zero-order valence-electron chi connectivity index (χ0n) is 16.3. The molecule has 0 spiro atoms. The predicted molar refractivity (Wildman–Crippen MR) is 114 cm³/mol. The number of hydrazone groups is 1. The highest BCUT2D eigenvalue weighted by molar-refractivity contribution is 5.93. The number of hydrogen-bond donors (Lipinski definition) is 2. The van der Waals surface area contributed by atoms with Crippen LogP contribution >= 0.6 is 0 Å². The molecule has 1 fully saturated rings. The van der Waals surface area contributed by atoms with E-state index in [1.165, 1.54) is 12.1 Å². The molecule has 0 aliphatic heterocycles. The number of aromatic nitrogens is 2. The molecule has 31 heavy (non-hydrogen) atoms. The maximum Gasteiger partial charge on any atom is 0.293 e. The molecule has 0 radical (unpaired) electrons. The molecule has 0 amide bonds. The lowest BCUT2D eigenvalue weighted by Gasteiger charge is -2.24. The number of hydrogen-bond acceptors (Lipinski definition) is 8. The number of H-pyrrole nitrogens is 1. The Morgan fingerprint density at radius 3 is 2.68 bits per heavy atom. The van der Waals surface area contributed by atoms with Gasteiger partial charge in [-0.2, -0.15) is 5.10 Å². The van der Waals surface area contributed by atoms with Gasteiger partial charge >= 0.3 is 0 Å². The van der Waals surface area contributed by atoms with Gasteiger partial charge in [-0.15, -0.1) is 0 Å². The van der Waals surface area contributed by atoms with E-state index in [0.717, 1.165) is 18.9 Å². The largest absolute Gasteiger partial charge is 0.317 e. The number of nitrogens with one attached hydrogen (secondary N) is 2. The minimum Gasteiger partial charge on any atom is -0.317 e. The Hall–Kier alpha value is -4.15. The van der Waals surface area contributed by atoms with Crippen molar-refractivity contribution in [3.8, 4) is 0 Å². The minimum absolute atomic E-state index is 0.0220. The molecule has 1 atom stereocenters. The lowest BCUT2D eigenvalue weighted by atomic mass is 9.81. The first-order chi connectivity index (χ1) is 14.9. The fourth-order valence-corrected chi connectivity index (χ4v) is 3.79. The van der Waals surface area contributed by atoms with Crippen molar-refractivity contribution in [2.45, 2.75) is 31.6 Å². The molecular formula is C20H18N6O5. The zero-order chi connectivity index (χ0) is 22.0. The number of aromatic amines is 1. The van der Waals surface area contributed by atoms with Gasteiger partial charge in [0.1, 0.15) is 0 Å². The van der Waals surface area contributed by atoms with Crippen LogP contribution in [0.25, 0.3) is 11.0 Å². The Bertz CT molecular complexity index is 1270. The third kappa shape index (κ3) is 4.10. The number of para-hydroxylation sites is 2. The molecule has 11 heteroatoms. The molecule has 0 saturated heterocycles. The fraction of sp³-hybridized carbons (Fsp3) is 0.250. The van der Waals surface area contributed by atoms with Gasteiger partial charge in [0.25, 0.3) is 16.9 Å². The van der Waals surface area contributed by atoms with Crippen LogP contribution in [0.4, 0.5) is 17.2 Å². The highest BCUT2D eigenvalue weighted by Gasteiger charge is 2.30. The summed E-state index contributed by atoms with van der Waals surface area (Å²) in [6.07, 6.45) is 2.88. The number of nitro benzene ring substituents is 2. The van der Waals surface area contributed by atoms with Gasteiger partial charge < -0.3 is 4.98 Å². The first-order valence-corrected chi connectivity index (χ1v) is 9.68. The monoisotopic (exact) mass is 422 g/mol. The first-order valence-electron chi connectivity index (χ1n) is 9.68. The molecule has 0 unspecified atom stereocenters. The summed E-state index contributed by atoms with van der Waals surface area (Å²) in [5.41, 5.74) is 3.83. The van der Waals surface area contributed by atoms with Crippen LogP contribution in [0.5, 0.6) is 0 Å². The summed E-state index contributed by atoms with van der Waals surface area (Å²) in [7, 11) is 0. The summed E-state index contributed by atoms with van der Waals surface area (Å²) in [4.78, 5) is 40.6. The van der Waals surface area contributed by atoms with Crippen molar-refractivity contribution >= 4 is 33.9 Å². The van der Waals surface area contributed by atoms with Gasteiger partial charge in [0.15, 0.2) is 0 Å². The molecule has 3 aromatic rings. The van der Waals surface area contributed by atoms with E-state index in [2.05, 4.69) is 20.5 Å². The number of non-ortho nitro benzene ring substituents is 1. The van der Waals surface area contributed by atoms with Gasteiger partial charge in [-0.3, -0.25) is 30.4 Å². The van der Waals surface area contributed by atoms with Crippen molar-refractivity contribution in [3.63, 3.8) is 0 Å². The summed E-state index contributed by atoms with van der Waals surface area (Å²) in [5.74, 6) is -0.365. The zero-order valence-corrected chi connectivity index (χ0v) is 16.3. The van der Waals surface area contributed by atoms with Crippen LogP contribution in [0.1, 0.15) is 37.2 Å². The fourth-order valence-electron chi connectivity index (χ4n) is 3.79. The second-order valence-electron chi connectivity index (χ2n) is 7.20. The number of benzene rings is 2. The molecule has 1 saturated carbocycles. The molecule has 1 heterocycles. The first kappa shape index (κ1) is 20.1. The van der Waals surface area contributed by atoms with E-state index in [9.17, 15) is 25.0 Å². The summed E-state index contributed by atoms with van der Waals surface area (Å²) in [6.45, 7) is 0. The van der Waals surface area contributed by atoms with Gasteiger partial charge in [0.2, 0.25) is 5.82 Å². The van der Waals surface area contributed by atoms with Crippen molar-refractivity contribution in [3.05, 3.63) is 78.6 Å². The van der Waals surface area contributed by atoms with E-state index in [-0.39, 0.29) is 23.1 Å².